The molecule has 6 aliphatic rings. The lowest BCUT2D eigenvalue weighted by Gasteiger charge is -2.50. The largest absolute Gasteiger partial charge is 0.507 e. The summed E-state index contributed by atoms with van der Waals surface area (Å²) in [6.07, 6.45) is 17.5. The van der Waals surface area contributed by atoms with E-state index in [2.05, 4.69) is 111 Å². The predicted molar refractivity (Wildman–Crippen MR) is 240 cm³/mol. The van der Waals surface area contributed by atoms with Crippen LogP contribution in [-0.4, -0.2) is 10.2 Å². The van der Waals surface area contributed by atoms with Crippen molar-refractivity contribution in [3.05, 3.63) is 119 Å². The Morgan fingerprint density at radius 3 is 1.36 bits per heavy atom. The molecule has 0 saturated heterocycles. The maximum Gasteiger partial charge on any atom is 0.131 e. The van der Waals surface area contributed by atoms with E-state index >= 15 is 0 Å². The fourth-order valence-electron chi connectivity index (χ4n) is 15.3. The highest BCUT2D eigenvalue weighted by Gasteiger charge is 2.53. The van der Waals surface area contributed by atoms with E-state index in [9.17, 15) is 10.2 Å². The zero-order valence-electron chi connectivity index (χ0n) is 34.5. The molecule has 294 valence electrons. The lowest BCUT2D eigenvalue weighted by atomic mass is 9.54. The van der Waals surface area contributed by atoms with Crippen LogP contribution >= 0.6 is 0 Å². The summed E-state index contributed by atoms with van der Waals surface area (Å²) >= 11 is 0. The number of benzene rings is 6. The van der Waals surface area contributed by atoms with Crippen molar-refractivity contribution >= 4 is 21.5 Å². The van der Waals surface area contributed by atoms with Crippen LogP contribution < -0.4 is 0 Å². The molecule has 4 fully saturated rings. The minimum atomic E-state index is 0.358. The van der Waals surface area contributed by atoms with Crippen LogP contribution in [0, 0.1) is 34.5 Å². The van der Waals surface area contributed by atoms with Crippen molar-refractivity contribution in [2.45, 2.75) is 116 Å². The van der Waals surface area contributed by atoms with E-state index in [4.69, 9.17) is 0 Å². The first-order valence-corrected chi connectivity index (χ1v) is 23.1. The number of fused-ring (bicyclic) bond motifs is 12. The van der Waals surface area contributed by atoms with Gasteiger partial charge in [0.1, 0.15) is 11.5 Å². The normalized spacial score (nSPS) is 30.9. The number of hydrogen-bond acceptors (Lipinski definition) is 2. The van der Waals surface area contributed by atoms with Crippen LogP contribution in [0.4, 0.5) is 0 Å². The molecule has 0 aromatic heterocycles. The van der Waals surface area contributed by atoms with Crippen LogP contribution in [0.5, 0.6) is 11.5 Å². The zero-order chi connectivity index (χ0) is 38.9. The third-order valence-corrected chi connectivity index (χ3v) is 18.0. The summed E-state index contributed by atoms with van der Waals surface area (Å²) in [6, 6.07) is 35.3. The quantitative estimate of drug-likeness (QED) is 0.188. The molecule has 8 atom stereocenters. The minimum absolute atomic E-state index is 0.358. The Kier molecular flexibility index (Phi) is 7.91. The van der Waals surface area contributed by atoms with Crippen molar-refractivity contribution in [3.63, 3.8) is 0 Å². The topological polar surface area (TPSA) is 40.5 Å². The Morgan fingerprint density at radius 2 is 0.897 bits per heavy atom. The molecule has 58 heavy (non-hydrogen) atoms. The van der Waals surface area contributed by atoms with E-state index < -0.39 is 0 Å². The molecule has 6 aliphatic carbocycles. The van der Waals surface area contributed by atoms with Gasteiger partial charge in [0.25, 0.3) is 0 Å². The summed E-state index contributed by atoms with van der Waals surface area (Å²) in [4.78, 5) is 0. The molecule has 0 spiro atoms. The first-order chi connectivity index (χ1) is 28.3. The Balaban J connectivity index is 1.15. The third-order valence-electron chi connectivity index (χ3n) is 18.0. The number of aromatic hydroxyl groups is 2. The molecule has 6 aromatic carbocycles. The number of phenolic OH excluding ortho intramolecular Hbond substituents is 2. The highest BCUT2D eigenvalue weighted by atomic mass is 16.3. The van der Waals surface area contributed by atoms with E-state index in [-0.39, 0.29) is 0 Å². The molecule has 2 N–H and O–H groups in total. The van der Waals surface area contributed by atoms with E-state index in [1.807, 2.05) is 0 Å². The second-order valence-electron chi connectivity index (χ2n) is 20.5. The number of phenols is 2. The summed E-state index contributed by atoms with van der Waals surface area (Å²) in [6.45, 7) is 5.19. The Hall–Kier alpha value is -4.56. The van der Waals surface area contributed by atoms with Crippen LogP contribution in [0.3, 0.4) is 0 Å². The van der Waals surface area contributed by atoms with Gasteiger partial charge in [-0.1, -0.05) is 112 Å². The van der Waals surface area contributed by atoms with Gasteiger partial charge >= 0.3 is 0 Å². The second kappa shape index (κ2) is 13.0. The fourth-order valence-corrected chi connectivity index (χ4v) is 15.3. The summed E-state index contributed by atoms with van der Waals surface area (Å²) in [5.41, 5.74) is 12.4. The standard InChI is InChI=1S/C56H58O2/c1-55-27-9-19-49(55)41-21-23-43-45(39(41)25-29-55)31-47(37-17-7-13-33-11-3-5-15-35(33)37)53(57)51(43)52-44-24-22-42-40(26-30-56(2)28-10-20-50(42)56)46(44)32-48(54(52)58)38-18-8-14-34-12-4-6-16-36(34)38/h3-8,11-18,31-32,39-42,49-50,57-58H,9-10,19-30H2,1-2H3/t39-,40-,41+,42+,49-,50-,55-,56-/m0/s1. The van der Waals surface area contributed by atoms with Crippen molar-refractivity contribution in [2.24, 2.45) is 34.5 Å². The van der Waals surface area contributed by atoms with Gasteiger partial charge in [-0.3, -0.25) is 0 Å². The van der Waals surface area contributed by atoms with E-state index in [0.29, 0.717) is 46.0 Å². The molecule has 2 heteroatoms. The van der Waals surface area contributed by atoms with Gasteiger partial charge in [-0.2, -0.15) is 0 Å². The lowest BCUT2D eigenvalue weighted by Crippen LogP contribution is -2.40. The maximum atomic E-state index is 13.2. The van der Waals surface area contributed by atoms with Gasteiger partial charge in [-0.05, 0) is 190 Å². The Bertz CT molecular complexity index is 2460. The smallest absolute Gasteiger partial charge is 0.131 e. The summed E-state index contributed by atoms with van der Waals surface area (Å²) < 4.78 is 0. The zero-order valence-corrected chi connectivity index (χ0v) is 34.5. The minimum Gasteiger partial charge on any atom is -0.507 e. The lowest BCUT2D eigenvalue weighted by molar-refractivity contribution is 0.0596. The van der Waals surface area contributed by atoms with Crippen LogP contribution in [-0.2, 0) is 12.8 Å². The molecule has 0 bridgehead atoms. The fraction of sp³-hybridized carbons (Fsp3) is 0.429. The predicted octanol–water partition coefficient (Wildman–Crippen LogP) is 14.9. The molecule has 2 nitrogen and oxygen atoms in total. The van der Waals surface area contributed by atoms with Crippen LogP contribution in [0.15, 0.2) is 97.1 Å². The SMILES string of the molecule is C[C@@]12CCC[C@H]1[C@@H]1CCc3c(cc(-c4cccc5ccccc45)c(O)c3-c3c(O)c(-c4cccc5ccccc45)cc4c3CC[C@@H]3[C@@H]4CC[C@]4(C)CCC[C@@H]34)[C@H]1CC2. The average Bonchev–Trinajstić information content (AvgIpc) is 3.86. The number of hydrogen-bond donors (Lipinski definition) is 2. The first kappa shape index (κ1) is 35.4. The Labute approximate surface area is 344 Å². The molecule has 4 saturated carbocycles. The average molecular weight is 763 g/mol. The second-order valence-corrected chi connectivity index (χ2v) is 20.5. The van der Waals surface area contributed by atoms with Gasteiger partial charge in [0.05, 0.1) is 0 Å². The molecule has 0 aliphatic heterocycles. The summed E-state index contributed by atoms with van der Waals surface area (Å²) in [5, 5.41) is 31.2. The number of rotatable bonds is 3. The third kappa shape index (κ3) is 5.02. The molecule has 0 amide bonds. The molecule has 0 radical (unpaired) electrons. The van der Waals surface area contributed by atoms with E-state index in [0.717, 1.165) is 58.1 Å². The molecular weight excluding hydrogens is 705 g/mol. The molecule has 0 heterocycles. The van der Waals surface area contributed by atoms with Crippen LogP contribution in [0.2, 0.25) is 0 Å². The molecular formula is C56H58O2. The highest BCUT2D eigenvalue weighted by Crippen LogP contribution is 2.65. The van der Waals surface area contributed by atoms with Crippen LogP contribution in [0.1, 0.15) is 125 Å². The van der Waals surface area contributed by atoms with Crippen LogP contribution in [0.25, 0.3) is 54.9 Å². The highest BCUT2D eigenvalue weighted by molar-refractivity contribution is 6.03. The van der Waals surface area contributed by atoms with Gasteiger partial charge in [-0.25, -0.2) is 0 Å². The van der Waals surface area contributed by atoms with Gasteiger partial charge in [0.2, 0.25) is 0 Å². The first-order valence-electron chi connectivity index (χ1n) is 23.1. The Morgan fingerprint density at radius 1 is 0.466 bits per heavy atom. The van der Waals surface area contributed by atoms with Crippen molar-refractivity contribution in [1.82, 2.24) is 0 Å². The van der Waals surface area contributed by atoms with E-state index in [1.165, 1.54) is 121 Å². The monoisotopic (exact) mass is 762 g/mol. The van der Waals surface area contributed by atoms with Gasteiger partial charge in [-0.15, -0.1) is 0 Å². The maximum absolute atomic E-state index is 13.2. The molecule has 12 rings (SSSR count). The molecule has 6 aromatic rings. The summed E-state index contributed by atoms with van der Waals surface area (Å²) in [7, 11) is 0. The van der Waals surface area contributed by atoms with Gasteiger partial charge in [0.15, 0.2) is 0 Å². The van der Waals surface area contributed by atoms with Crippen molar-refractivity contribution in [1.29, 1.82) is 0 Å². The van der Waals surface area contributed by atoms with Crippen molar-refractivity contribution < 1.29 is 10.2 Å². The van der Waals surface area contributed by atoms with Crippen molar-refractivity contribution in [2.75, 3.05) is 0 Å². The van der Waals surface area contributed by atoms with E-state index in [1.54, 1.807) is 0 Å². The molecule has 0 unspecified atom stereocenters. The van der Waals surface area contributed by atoms with Gasteiger partial charge < -0.3 is 10.2 Å². The van der Waals surface area contributed by atoms with Crippen molar-refractivity contribution in [3.8, 4) is 44.9 Å². The summed E-state index contributed by atoms with van der Waals surface area (Å²) in [5.74, 6) is 4.59. The van der Waals surface area contributed by atoms with Gasteiger partial charge in [0, 0.05) is 22.3 Å².